The van der Waals surface area contributed by atoms with Gasteiger partial charge >= 0.3 is 0 Å². The lowest BCUT2D eigenvalue weighted by molar-refractivity contribution is -0.164. The molecule has 0 radical (unpaired) electrons. The summed E-state index contributed by atoms with van der Waals surface area (Å²) in [5, 5.41) is 4.10. The number of hydrogen-bond acceptors (Lipinski definition) is 6. The summed E-state index contributed by atoms with van der Waals surface area (Å²) in [6.45, 7) is 1.67. The van der Waals surface area contributed by atoms with E-state index in [1.807, 2.05) is 0 Å². The van der Waals surface area contributed by atoms with Gasteiger partial charge in [0, 0.05) is 13.1 Å². The summed E-state index contributed by atoms with van der Waals surface area (Å²) in [5.41, 5.74) is -0.279. The molecule has 0 spiro atoms. The lowest BCUT2D eigenvalue weighted by atomic mass is 10.1. The Balaban J connectivity index is 1.72. The number of benzene rings is 1. The third-order valence-electron chi connectivity index (χ3n) is 3.81. The van der Waals surface area contributed by atoms with E-state index >= 15 is 0 Å². The monoisotopic (exact) mass is 358 g/mol. The number of amides is 1. The number of carbonyl (C=O) groups excluding carboxylic acids is 1. The Morgan fingerprint density at radius 3 is 2.77 bits per heavy atom. The summed E-state index contributed by atoms with van der Waals surface area (Å²) >= 11 is 0. The molecule has 1 amide bonds. The van der Waals surface area contributed by atoms with Crippen LogP contribution in [-0.2, 0) is 9.63 Å². The Morgan fingerprint density at radius 1 is 1.35 bits per heavy atom. The highest BCUT2D eigenvalue weighted by atomic mass is 19.1. The number of nitrogens with one attached hydrogen (secondary N) is 1. The fourth-order valence-corrected chi connectivity index (χ4v) is 2.68. The Labute approximate surface area is 150 Å². The van der Waals surface area contributed by atoms with Crippen LogP contribution in [0.4, 0.5) is 10.1 Å². The van der Waals surface area contributed by atoms with Crippen molar-refractivity contribution in [3.8, 4) is 5.88 Å². The van der Waals surface area contributed by atoms with Gasteiger partial charge in [0.25, 0.3) is 0 Å². The summed E-state index contributed by atoms with van der Waals surface area (Å²) in [6.07, 6.45) is 1.45. The molecule has 3 rings (SSSR count). The molecule has 1 atom stereocenters. The van der Waals surface area contributed by atoms with Gasteiger partial charge in [-0.3, -0.25) is 4.79 Å². The molecule has 7 nitrogen and oxygen atoms in total. The van der Waals surface area contributed by atoms with Gasteiger partial charge in [0.05, 0.1) is 31.0 Å². The molecule has 2 heterocycles. The van der Waals surface area contributed by atoms with Crippen LogP contribution in [-0.4, -0.2) is 41.7 Å². The predicted molar refractivity (Wildman–Crippen MR) is 94.2 cm³/mol. The molecule has 0 aliphatic carbocycles. The maximum atomic E-state index is 14.0. The average molecular weight is 358 g/mol. The van der Waals surface area contributed by atoms with Crippen molar-refractivity contribution in [3.63, 3.8) is 0 Å². The normalized spacial score (nSPS) is 19.2. The van der Waals surface area contributed by atoms with E-state index in [-0.39, 0.29) is 12.3 Å². The molecule has 0 fully saturated rings. The van der Waals surface area contributed by atoms with Crippen molar-refractivity contribution in [1.29, 1.82) is 0 Å². The van der Waals surface area contributed by atoms with Gasteiger partial charge in [-0.15, -0.1) is 0 Å². The summed E-state index contributed by atoms with van der Waals surface area (Å²) in [5.74, 6) is 0.0884. The Hall–Kier alpha value is -3.00. The number of hydrogen-bond donors (Lipinski definition) is 1. The zero-order valence-electron chi connectivity index (χ0n) is 14.7. The number of aliphatic imine (C=N–C) groups is 1. The Kier molecular flexibility index (Phi) is 4.85. The van der Waals surface area contributed by atoms with Crippen molar-refractivity contribution in [2.24, 2.45) is 4.99 Å². The first-order chi connectivity index (χ1) is 12.4. The average Bonchev–Trinajstić information content (AvgIpc) is 2.90. The first kappa shape index (κ1) is 17.8. The third kappa shape index (κ3) is 3.80. The maximum absolute atomic E-state index is 14.0. The van der Waals surface area contributed by atoms with Gasteiger partial charge in [-0.2, -0.15) is 0 Å². The van der Waals surface area contributed by atoms with Crippen LogP contribution in [0.15, 0.2) is 47.6 Å². The molecule has 136 valence electrons. The topological polar surface area (TPSA) is 76.0 Å². The first-order valence-corrected chi connectivity index (χ1v) is 7.98. The summed E-state index contributed by atoms with van der Waals surface area (Å²) in [7, 11) is 3.14. The molecule has 2 aromatic rings. The van der Waals surface area contributed by atoms with Gasteiger partial charge in [-0.1, -0.05) is 12.1 Å². The predicted octanol–water partition coefficient (Wildman–Crippen LogP) is 2.60. The highest BCUT2D eigenvalue weighted by Crippen LogP contribution is 2.29. The van der Waals surface area contributed by atoms with Crippen molar-refractivity contribution in [2.45, 2.75) is 19.1 Å². The van der Waals surface area contributed by atoms with E-state index in [4.69, 9.17) is 9.57 Å². The van der Waals surface area contributed by atoms with E-state index in [1.54, 1.807) is 44.3 Å². The van der Waals surface area contributed by atoms with E-state index < -0.39 is 11.5 Å². The molecule has 0 bridgehead atoms. The van der Waals surface area contributed by atoms with Gasteiger partial charge in [-0.25, -0.2) is 24.3 Å². The van der Waals surface area contributed by atoms with E-state index in [0.717, 1.165) is 0 Å². The van der Waals surface area contributed by atoms with Crippen LogP contribution in [0.2, 0.25) is 0 Å². The number of halogens is 1. The fraction of sp³-hybridized carbons (Fsp3) is 0.278. The number of aromatic nitrogens is 1. The molecule has 0 saturated heterocycles. The number of nitrogens with zero attached hydrogens (tertiary/aromatic N) is 3. The number of methoxy groups -OCH3 is 1. The van der Waals surface area contributed by atoms with E-state index in [9.17, 15) is 9.18 Å². The van der Waals surface area contributed by atoms with E-state index in [2.05, 4.69) is 15.3 Å². The maximum Gasteiger partial charge on any atom is 0.229 e. The Morgan fingerprint density at radius 2 is 2.12 bits per heavy atom. The van der Waals surface area contributed by atoms with Crippen LogP contribution >= 0.6 is 0 Å². The quantitative estimate of drug-likeness (QED) is 0.889. The SMILES string of the molecule is COc1ccc(NC(=O)CC2(C)N=C(c3ccccc3F)N(C)O2)cn1. The lowest BCUT2D eigenvalue weighted by Gasteiger charge is -2.21. The van der Waals surface area contributed by atoms with Crippen molar-refractivity contribution in [1.82, 2.24) is 10.0 Å². The minimum absolute atomic E-state index is 0.0404. The van der Waals surface area contributed by atoms with Crippen LogP contribution in [0, 0.1) is 5.82 Å². The van der Waals surface area contributed by atoms with Gasteiger partial charge < -0.3 is 10.1 Å². The number of anilines is 1. The second-order valence-electron chi connectivity index (χ2n) is 5.99. The zero-order chi connectivity index (χ0) is 18.7. The van der Waals surface area contributed by atoms with Gasteiger partial charge in [0.2, 0.25) is 11.8 Å². The van der Waals surface area contributed by atoms with Crippen LogP contribution in [0.5, 0.6) is 5.88 Å². The second kappa shape index (κ2) is 7.09. The molecular formula is C18H19FN4O3. The Bertz CT molecular complexity index is 841. The zero-order valence-corrected chi connectivity index (χ0v) is 14.7. The lowest BCUT2D eigenvalue weighted by Crippen LogP contribution is -2.32. The number of carbonyl (C=O) groups is 1. The van der Waals surface area contributed by atoms with E-state index in [0.29, 0.717) is 23.0 Å². The molecular weight excluding hydrogens is 339 g/mol. The molecule has 1 N–H and O–H groups in total. The molecule has 1 aromatic heterocycles. The second-order valence-corrected chi connectivity index (χ2v) is 5.99. The third-order valence-corrected chi connectivity index (χ3v) is 3.81. The highest BCUT2D eigenvalue weighted by Gasteiger charge is 2.38. The van der Waals surface area contributed by atoms with Crippen molar-refractivity contribution in [3.05, 3.63) is 54.0 Å². The van der Waals surface area contributed by atoms with Gasteiger partial charge in [-0.05, 0) is 25.1 Å². The molecule has 26 heavy (non-hydrogen) atoms. The first-order valence-electron chi connectivity index (χ1n) is 7.98. The summed E-state index contributed by atoms with van der Waals surface area (Å²) < 4.78 is 19.0. The standard InChI is InChI=1S/C18H19FN4O3/c1-18(10-15(24)21-12-8-9-16(25-3)20-11-12)22-17(23(2)26-18)13-6-4-5-7-14(13)19/h4-9,11H,10H2,1-3H3,(H,21,24). The number of amidine groups is 1. The largest absolute Gasteiger partial charge is 0.481 e. The van der Waals surface area contributed by atoms with Crippen LogP contribution < -0.4 is 10.1 Å². The van der Waals surface area contributed by atoms with Crippen LogP contribution in [0.1, 0.15) is 18.9 Å². The van der Waals surface area contributed by atoms with Crippen molar-refractivity contribution in [2.75, 3.05) is 19.5 Å². The van der Waals surface area contributed by atoms with Crippen molar-refractivity contribution < 1.29 is 18.8 Å². The molecule has 8 heteroatoms. The number of ether oxygens (including phenoxy) is 1. The molecule has 1 unspecified atom stereocenters. The van der Waals surface area contributed by atoms with Gasteiger partial charge in [0.1, 0.15) is 5.82 Å². The van der Waals surface area contributed by atoms with Crippen molar-refractivity contribution >= 4 is 17.4 Å². The highest BCUT2D eigenvalue weighted by molar-refractivity contribution is 5.99. The van der Waals surface area contributed by atoms with E-state index in [1.165, 1.54) is 24.4 Å². The number of hydroxylamine groups is 2. The number of pyridine rings is 1. The molecule has 0 saturated carbocycles. The fourth-order valence-electron chi connectivity index (χ4n) is 2.68. The van der Waals surface area contributed by atoms with Crippen LogP contribution in [0.3, 0.4) is 0 Å². The van der Waals surface area contributed by atoms with Crippen LogP contribution in [0.25, 0.3) is 0 Å². The molecule has 1 aliphatic rings. The summed E-state index contributed by atoms with van der Waals surface area (Å²) in [6, 6.07) is 9.61. The minimum atomic E-state index is -1.13. The number of rotatable bonds is 5. The molecule has 1 aliphatic heterocycles. The summed E-state index contributed by atoms with van der Waals surface area (Å²) in [4.78, 5) is 26.5. The minimum Gasteiger partial charge on any atom is -0.481 e. The molecule has 1 aromatic carbocycles. The smallest absolute Gasteiger partial charge is 0.229 e. The van der Waals surface area contributed by atoms with Gasteiger partial charge in [0.15, 0.2) is 11.6 Å².